The van der Waals surface area contributed by atoms with Crippen LogP contribution < -0.4 is 11.5 Å². The summed E-state index contributed by atoms with van der Waals surface area (Å²) in [5, 5.41) is 7.19. The quantitative estimate of drug-likeness (QED) is 0.430. The molecule has 0 heterocycles. The summed E-state index contributed by atoms with van der Waals surface area (Å²) in [5.41, 5.74) is 9.49. The highest BCUT2D eigenvalue weighted by Crippen LogP contribution is 2.12. The highest BCUT2D eigenvalue weighted by atomic mass is 16.4. The van der Waals surface area contributed by atoms with Crippen molar-refractivity contribution in [2.24, 2.45) is 11.5 Å². The smallest absolute Gasteiger partial charge is 0.402 e. The van der Waals surface area contributed by atoms with Crippen LogP contribution in [0.3, 0.4) is 0 Å². The number of carboxylic acid groups (broad SMARTS) is 1. The molecule has 0 atom stereocenters. The lowest BCUT2D eigenvalue weighted by Gasteiger charge is -2.02. The molecule has 0 aromatic heterocycles. The van der Waals surface area contributed by atoms with Crippen molar-refractivity contribution in [3.8, 4) is 0 Å². The first-order valence-corrected chi connectivity index (χ1v) is 8.33. The van der Waals surface area contributed by atoms with Crippen LogP contribution in [0.5, 0.6) is 0 Å². The zero-order valence-electron chi connectivity index (χ0n) is 13.4. The Balaban J connectivity index is 0. The first-order chi connectivity index (χ1) is 9.65. The van der Waals surface area contributed by atoms with E-state index in [1.54, 1.807) is 0 Å². The summed E-state index contributed by atoms with van der Waals surface area (Å²) < 4.78 is 0. The molecule has 0 fully saturated rings. The third-order valence-electron chi connectivity index (χ3n) is 3.31. The van der Waals surface area contributed by atoms with Crippen molar-refractivity contribution in [2.45, 2.75) is 90.4 Å². The van der Waals surface area contributed by atoms with Crippen LogP contribution in [0.2, 0.25) is 0 Å². The molecule has 0 aliphatic carbocycles. The molecule has 0 rings (SSSR count). The van der Waals surface area contributed by atoms with Gasteiger partial charge < -0.3 is 16.6 Å². The largest absolute Gasteiger partial charge is 0.465 e. The monoisotopic (exact) mass is 288 g/mol. The van der Waals surface area contributed by atoms with E-state index in [-0.39, 0.29) is 0 Å². The summed E-state index contributed by atoms with van der Waals surface area (Å²) in [5.74, 6) is 0. The third-order valence-corrected chi connectivity index (χ3v) is 3.31. The lowest BCUT2D eigenvalue weighted by Crippen LogP contribution is -2.03. The molecule has 122 valence electrons. The topological polar surface area (TPSA) is 89.3 Å². The minimum Gasteiger partial charge on any atom is -0.465 e. The van der Waals surface area contributed by atoms with Gasteiger partial charge in [0.25, 0.3) is 0 Å². The van der Waals surface area contributed by atoms with Gasteiger partial charge in [-0.15, -0.1) is 0 Å². The van der Waals surface area contributed by atoms with E-state index in [1.165, 1.54) is 83.5 Å². The van der Waals surface area contributed by atoms with Crippen LogP contribution in [0.4, 0.5) is 4.79 Å². The number of amides is 1. The van der Waals surface area contributed by atoms with E-state index in [2.05, 4.69) is 12.7 Å². The number of hydrogen-bond donors (Lipinski definition) is 3. The molecule has 1 amide bonds. The van der Waals surface area contributed by atoms with Crippen molar-refractivity contribution in [1.29, 1.82) is 0 Å². The number of carbonyl (C=O) groups is 1. The maximum Gasteiger partial charge on any atom is 0.402 e. The molecule has 4 nitrogen and oxygen atoms in total. The van der Waals surface area contributed by atoms with Crippen LogP contribution in [0.15, 0.2) is 0 Å². The van der Waals surface area contributed by atoms with Crippen LogP contribution in [0, 0.1) is 0 Å². The molecule has 0 aromatic carbocycles. The highest BCUT2D eigenvalue weighted by Gasteiger charge is 1.92. The van der Waals surface area contributed by atoms with Crippen LogP contribution in [-0.2, 0) is 0 Å². The predicted octanol–water partition coefficient (Wildman–Crippen LogP) is 4.66. The average Bonchev–Trinajstić information content (AvgIpc) is 2.39. The maximum atomic E-state index is 8.78. The number of primary amides is 1. The van der Waals surface area contributed by atoms with Crippen LogP contribution in [-0.4, -0.2) is 17.7 Å². The number of unbranched alkanes of at least 4 members (excludes halogenated alkanes) is 12. The Morgan fingerprint density at radius 1 is 0.750 bits per heavy atom. The molecule has 0 aromatic rings. The molecule has 0 aliphatic rings. The van der Waals surface area contributed by atoms with Crippen molar-refractivity contribution in [1.82, 2.24) is 0 Å². The Labute approximate surface area is 125 Å². The lowest BCUT2D eigenvalue weighted by atomic mass is 10.0. The van der Waals surface area contributed by atoms with Gasteiger partial charge in [0.05, 0.1) is 0 Å². The normalized spacial score (nSPS) is 9.90. The maximum absolute atomic E-state index is 8.78. The molecule has 0 aliphatic heterocycles. The van der Waals surface area contributed by atoms with Gasteiger partial charge in [-0.3, -0.25) is 0 Å². The molecular formula is C16H36N2O2. The summed E-state index contributed by atoms with van der Waals surface area (Å²) in [6.45, 7) is 3.16. The molecule has 0 unspecified atom stereocenters. The molecule has 4 heteroatoms. The zero-order chi connectivity index (χ0) is 15.5. The Bertz CT molecular complexity index is 169. The molecule has 5 N–H and O–H groups in total. The second kappa shape index (κ2) is 20.5. The molecule has 0 bridgehead atoms. The Morgan fingerprint density at radius 3 is 1.25 bits per heavy atom. The minimum absolute atomic E-state index is 0.873. The molecule has 0 spiro atoms. The van der Waals surface area contributed by atoms with Gasteiger partial charge >= 0.3 is 6.09 Å². The van der Waals surface area contributed by atoms with Crippen molar-refractivity contribution in [3.05, 3.63) is 0 Å². The van der Waals surface area contributed by atoms with Crippen LogP contribution in [0.1, 0.15) is 90.4 Å². The van der Waals surface area contributed by atoms with Gasteiger partial charge in [-0.05, 0) is 13.0 Å². The number of rotatable bonds is 13. The van der Waals surface area contributed by atoms with Crippen molar-refractivity contribution < 1.29 is 9.90 Å². The van der Waals surface area contributed by atoms with Gasteiger partial charge in [-0.2, -0.15) is 0 Å². The Hall–Kier alpha value is -0.770. The van der Waals surface area contributed by atoms with E-state index >= 15 is 0 Å². The van der Waals surface area contributed by atoms with E-state index < -0.39 is 6.09 Å². The average molecular weight is 288 g/mol. The summed E-state index contributed by atoms with van der Waals surface area (Å²) in [6.07, 6.45) is 17.1. The zero-order valence-corrected chi connectivity index (χ0v) is 13.4. The number of nitrogens with two attached hydrogens (primary N) is 2. The predicted molar refractivity (Wildman–Crippen MR) is 87.0 cm³/mol. The fourth-order valence-corrected chi connectivity index (χ4v) is 2.16. The highest BCUT2D eigenvalue weighted by molar-refractivity contribution is 5.61. The van der Waals surface area contributed by atoms with Crippen molar-refractivity contribution >= 4 is 6.09 Å². The van der Waals surface area contributed by atoms with Gasteiger partial charge in [0, 0.05) is 0 Å². The molecule has 0 saturated heterocycles. The van der Waals surface area contributed by atoms with Gasteiger partial charge in [0.2, 0.25) is 0 Å². The van der Waals surface area contributed by atoms with Gasteiger partial charge in [-0.1, -0.05) is 84.0 Å². The SMILES string of the molecule is CCCCCCCCCCCCCCCN.NC(=O)O. The molecule has 20 heavy (non-hydrogen) atoms. The Kier molecular flexibility index (Phi) is 22.1. The fourth-order valence-electron chi connectivity index (χ4n) is 2.16. The fraction of sp³-hybridized carbons (Fsp3) is 0.938. The van der Waals surface area contributed by atoms with E-state index in [0.717, 1.165) is 6.54 Å². The summed E-state index contributed by atoms with van der Waals surface area (Å²) in [6, 6.07) is 0. The van der Waals surface area contributed by atoms with E-state index in [0.29, 0.717) is 0 Å². The van der Waals surface area contributed by atoms with Gasteiger partial charge in [-0.25, -0.2) is 4.79 Å². The minimum atomic E-state index is -1.33. The first-order valence-electron chi connectivity index (χ1n) is 8.33. The summed E-state index contributed by atoms with van der Waals surface area (Å²) in [7, 11) is 0. The van der Waals surface area contributed by atoms with Gasteiger partial charge in [0.1, 0.15) is 0 Å². The summed E-state index contributed by atoms with van der Waals surface area (Å²) in [4.78, 5) is 8.78. The first kappa shape index (κ1) is 21.5. The Morgan fingerprint density at radius 2 is 1.00 bits per heavy atom. The summed E-state index contributed by atoms with van der Waals surface area (Å²) >= 11 is 0. The lowest BCUT2D eigenvalue weighted by molar-refractivity contribution is 0.205. The van der Waals surface area contributed by atoms with Crippen LogP contribution >= 0.6 is 0 Å². The standard InChI is InChI=1S/C15H33N.CH3NO2/c1-2-3-4-5-6-7-8-9-10-11-12-13-14-15-16;2-1(3)4/h2-16H2,1H3;2H2,(H,3,4). The van der Waals surface area contributed by atoms with Crippen molar-refractivity contribution in [3.63, 3.8) is 0 Å². The van der Waals surface area contributed by atoms with E-state index in [4.69, 9.17) is 15.6 Å². The molecule has 0 saturated carbocycles. The second-order valence-electron chi connectivity index (χ2n) is 5.37. The third kappa shape index (κ3) is 30.3. The second-order valence-corrected chi connectivity index (χ2v) is 5.37. The van der Waals surface area contributed by atoms with Crippen LogP contribution in [0.25, 0.3) is 0 Å². The molecular weight excluding hydrogens is 252 g/mol. The van der Waals surface area contributed by atoms with Gasteiger partial charge in [0.15, 0.2) is 0 Å². The van der Waals surface area contributed by atoms with E-state index in [9.17, 15) is 0 Å². The number of hydrogen-bond acceptors (Lipinski definition) is 2. The van der Waals surface area contributed by atoms with E-state index in [1.807, 2.05) is 0 Å². The van der Waals surface area contributed by atoms with Crippen molar-refractivity contribution in [2.75, 3.05) is 6.54 Å². The molecule has 0 radical (unpaired) electrons.